The number of cyclic esters (lactones) is 1. The average molecular weight is 311 g/mol. The molecule has 1 fully saturated rings. The van der Waals surface area contributed by atoms with Crippen LogP contribution in [0.3, 0.4) is 0 Å². The summed E-state index contributed by atoms with van der Waals surface area (Å²) < 4.78 is 10.6. The predicted octanol–water partition coefficient (Wildman–Crippen LogP) is 3.58. The van der Waals surface area contributed by atoms with Gasteiger partial charge in [0, 0.05) is 6.42 Å². The number of ether oxygens (including phenoxy) is 2. The van der Waals surface area contributed by atoms with Gasteiger partial charge in [0.25, 0.3) is 0 Å². The van der Waals surface area contributed by atoms with E-state index in [4.69, 9.17) is 9.47 Å². The molecule has 0 aromatic rings. The third-order valence-corrected chi connectivity index (χ3v) is 3.59. The van der Waals surface area contributed by atoms with Gasteiger partial charge in [-0.15, -0.1) is 6.58 Å². The highest BCUT2D eigenvalue weighted by atomic mass is 16.6. The van der Waals surface area contributed by atoms with E-state index in [1.807, 2.05) is 26.8 Å². The Bertz CT molecular complexity index is 400. The van der Waals surface area contributed by atoms with Crippen molar-refractivity contribution in [3.8, 4) is 0 Å². The zero-order valence-electron chi connectivity index (χ0n) is 14.2. The number of nitrogens with one attached hydrogen (secondary N) is 1. The molecular formula is C17H29NO4. The number of carbonyl (C=O) groups is 2. The molecule has 0 saturated carbocycles. The maximum absolute atomic E-state index is 12.0. The van der Waals surface area contributed by atoms with Gasteiger partial charge in [0.2, 0.25) is 0 Å². The monoisotopic (exact) mass is 311 g/mol. The summed E-state index contributed by atoms with van der Waals surface area (Å²) >= 11 is 0. The summed E-state index contributed by atoms with van der Waals surface area (Å²) in [4.78, 5) is 23.4. The van der Waals surface area contributed by atoms with Gasteiger partial charge in [-0.2, -0.15) is 0 Å². The Hall–Kier alpha value is -1.52. The van der Waals surface area contributed by atoms with Crippen molar-refractivity contribution in [2.45, 2.75) is 77.5 Å². The van der Waals surface area contributed by atoms with Crippen molar-refractivity contribution in [3.05, 3.63) is 12.7 Å². The van der Waals surface area contributed by atoms with E-state index in [2.05, 4.69) is 18.8 Å². The summed E-state index contributed by atoms with van der Waals surface area (Å²) in [5, 5.41) is 2.88. The van der Waals surface area contributed by atoms with Gasteiger partial charge in [0.15, 0.2) is 0 Å². The number of hydrogen-bond acceptors (Lipinski definition) is 4. The van der Waals surface area contributed by atoms with Crippen molar-refractivity contribution in [1.29, 1.82) is 0 Å². The minimum atomic E-state index is -0.546. The van der Waals surface area contributed by atoms with E-state index in [-0.39, 0.29) is 18.1 Å². The van der Waals surface area contributed by atoms with Crippen molar-refractivity contribution >= 4 is 12.1 Å². The molecule has 0 aromatic carbocycles. The third kappa shape index (κ3) is 6.96. The first-order valence-corrected chi connectivity index (χ1v) is 8.01. The molecule has 0 radical (unpaired) electrons. The molecule has 5 heteroatoms. The Kier molecular flexibility index (Phi) is 6.91. The molecule has 1 heterocycles. The molecule has 3 atom stereocenters. The highest BCUT2D eigenvalue weighted by molar-refractivity contribution is 5.72. The van der Waals surface area contributed by atoms with Crippen LogP contribution in [-0.2, 0) is 14.3 Å². The molecule has 5 nitrogen and oxygen atoms in total. The maximum atomic E-state index is 12.0. The lowest BCUT2D eigenvalue weighted by Crippen LogP contribution is -2.46. The summed E-state index contributed by atoms with van der Waals surface area (Å²) in [6.07, 6.45) is 4.92. The van der Waals surface area contributed by atoms with E-state index in [1.54, 1.807) is 0 Å². The zero-order valence-corrected chi connectivity index (χ0v) is 14.2. The smallest absolute Gasteiger partial charge is 0.408 e. The largest absolute Gasteiger partial charge is 0.460 e. The number of allylic oxidation sites excluding steroid dienone is 1. The van der Waals surface area contributed by atoms with E-state index >= 15 is 0 Å². The molecule has 1 aliphatic rings. The molecule has 0 bridgehead atoms. The van der Waals surface area contributed by atoms with E-state index in [1.165, 1.54) is 0 Å². The molecule has 0 aromatic heterocycles. The number of amides is 1. The summed E-state index contributed by atoms with van der Waals surface area (Å²) in [6, 6.07) is -0.207. The van der Waals surface area contributed by atoms with Gasteiger partial charge in [-0.25, -0.2) is 4.79 Å². The van der Waals surface area contributed by atoms with Crippen LogP contribution >= 0.6 is 0 Å². The fourth-order valence-corrected chi connectivity index (χ4v) is 2.55. The molecule has 0 aliphatic carbocycles. The molecule has 1 amide bonds. The minimum absolute atomic E-state index is 0.195. The highest BCUT2D eigenvalue weighted by Gasteiger charge is 2.33. The molecule has 1 rings (SSSR count). The first-order chi connectivity index (χ1) is 10.2. The average Bonchev–Trinajstić information content (AvgIpc) is 2.80. The van der Waals surface area contributed by atoms with E-state index < -0.39 is 11.7 Å². The highest BCUT2D eigenvalue weighted by Crippen LogP contribution is 2.23. The Labute approximate surface area is 133 Å². The van der Waals surface area contributed by atoms with Crippen LogP contribution in [0.5, 0.6) is 0 Å². The van der Waals surface area contributed by atoms with Crippen molar-refractivity contribution < 1.29 is 19.1 Å². The number of carbonyl (C=O) groups excluding carboxylic acids is 2. The van der Waals surface area contributed by atoms with Crippen molar-refractivity contribution in [3.63, 3.8) is 0 Å². The second-order valence-corrected chi connectivity index (χ2v) is 7.03. The standard InChI is InChI=1S/C17H29NO4/c1-6-7-8-12(2)11-13(14-9-10-15(19)21-14)18-16(20)22-17(3,4)5/h6,12-14H,1,7-11H2,2-5H3,(H,18,20)/t12?,13-,14?/m1/s1. The van der Waals surface area contributed by atoms with Gasteiger partial charge >= 0.3 is 12.1 Å². The van der Waals surface area contributed by atoms with Crippen LogP contribution in [0, 0.1) is 5.92 Å². The summed E-state index contributed by atoms with van der Waals surface area (Å²) in [7, 11) is 0. The van der Waals surface area contributed by atoms with E-state index in [0.717, 1.165) is 19.3 Å². The molecule has 22 heavy (non-hydrogen) atoms. The van der Waals surface area contributed by atoms with Crippen molar-refractivity contribution in [2.24, 2.45) is 5.92 Å². The van der Waals surface area contributed by atoms with Gasteiger partial charge in [0.05, 0.1) is 6.04 Å². The third-order valence-electron chi connectivity index (χ3n) is 3.59. The normalized spacial score (nSPS) is 20.9. The minimum Gasteiger partial charge on any atom is -0.460 e. The Morgan fingerprint density at radius 1 is 1.55 bits per heavy atom. The van der Waals surface area contributed by atoms with Crippen molar-refractivity contribution in [1.82, 2.24) is 5.32 Å². The van der Waals surface area contributed by atoms with Crippen LogP contribution in [0.1, 0.15) is 59.8 Å². The first-order valence-electron chi connectivity index (χ1n) is 8.01. The lowest BCUT2D eigenvalue weighted by Gasteiger charge is -2.28. The second kappa shape index (κ2) is 8.20. The molecular weight excluding hydrogens is 282 g/mol. The molecule has 1 aliphatic heterocycles. The predicted molar refractivity (Wildman–Crippen MR) is 85.5 cm³/mol. The molecule has 126 valence electrons. The molecule has 0 spiro atoms. The van der Waals surface area contributed by atoms with Crippen LogP contribution in [0.2, 0.25) is 0 Å². The lowest BCUT2D eigenvalue weighted by molar-refractivity contribution is -0.142. The fourth-order valence-electron chi connectivity index (χ4n) is 2.55. The van der Waals surface area contributed by atoms with Crippen LogP contribution < -0.4 is 5.32 Å². The van der Waals surface area contributed by atoms with Crippen LogP contribution in [-0.4, -0.2) is 29.8 Å². The Morgan fingerprint density at radius 3 is 2.73 bits per heavy atom. The number of alkyl carbamates (subject to hydrolysis) is 1. The van der Waals surface area contributed by atoms with Gasteiger partial charge < -0.3 is 14.8 Å². The van der Waals surface area contributed by atoms with E-state index in [9.17, 15) is 9.59 Å². The second-order valence-electron chi connectivity index (χ2n) is 7.03. The van der Waals surface area contributed by atoms with Crippen LogP contribution in [0.25, 0.3) is 0 Å². The zero-order chi connectivity index (χ0) is 16.8. The van der Waals surface area contributed by atoms with Gasteiger partial charge in [-0.05, 0) is 52.4 Å². The number of hydrogen-bond donors (Lipinski definition) is 1. The lowest BCUT2D eigenvalue weighted by atomic mass is 9.93. The van der Waals surface area contributed by atoms with Gasteiger partial charge in [-0.3, -0.25) is 4.79 Å². The Balaban J connectivity index is 2.63. The Morgan fingerprint density at radius 2 is 2.23 bits per heavy atom. The molecule has 1 saturated heterocycles. The first kappa shape index (κ1) is 18.5. The summed E-state index contributed by atoms with van der Waals surface area (Å²) in [6.45, 7) is 11.3. The topological polar surface area (TPSA) is 64.6 Å². The number of esters is 1. The van der Waals surface area contributed by atoms with Gasteiger partial charge in [0.1, 0.15) is 11.7 Å². The summed E-state index contributed by atoms with van der Waals surface area (Å²) in [5.41, 5.74) is -0.546. The molecule has 1 N–H and O–H groups in total. The van der Waals surface area contributed by atoms with Crippen LogP contribution in [0.4, 0.5) is 4.79 Å². The SMILES string of the molecule is C=CCCC(C)C[C@@H](NC(=O)OC(C)(C)C)C1CCC(=O)O1. The summed E-state index contributed by atoms with van der Waals surface area (Å²) in [5.74, 6) is 0.206. The van der Waals surface area contributed by atoms with Crippen molar-refractivity contribution in [2.75, 3.05) is 0 Å². The quantitative estimate of drug-likeness (QED) is 0.576. The number of rotatable bonds is 7. The fraction of sp³-hybridized carbons (Fsp3) is 0.765. The van der Waals surface area contributed by atoms with Gasteiger partial charge in [-0.1, -0.05) is 13.0 Å². The molecule has 2 unspecified atom stereocenters. The van der Waals surface area contributed by atoms with E-state index in [0.29, 0.717) is 18.8 Å². The maximum Gasteiger partial charge on any atom is 0.408 e. The van der Waals surface area contributed by atoms with Crippen LogP contribution in [0.15, 0.2) is 12.7 Å².